The molecule has 0 atom stereocenters. The number of hydrogen-bond acceptors (Lipinski definition) is 4. The average Bonchev–Trinajstić information content (AvgIpc) is 2.99. The molecule has 0 saturated carbocycles. The van der Waals surface area contributed by atoms with Crippen LogP contribution in [0.25, 0.3) is 10.2 Å². The number of anilines is 1. The largest absolute Gasteiger partial charge is 0.484 e. The fourth-order valence-corrected chi connectivity index (χ4v) is 4.80. The minimum absolute atomic E-state index is 0.0420. The number of aryl methyl sites for hydroxylation is 1. The first-order valence-corrected chi connectivity index (χ1v) is 10.7. The second-order valence-corrected chi connectivity index (χ2v) is 10.5. The number of rotatable bonds is 6. The number of nitrogens with one attached hydrogen (secondary N) is 1. The first-order chi connectivity index (χ1) is 13.5. The number of fused-ring (bicyclic) bond motifs is 1. The highest BCUT2D eigenvalue weighted by Crippen LogP contribution is 2.36. The Labute approximate surface area is 177 Å². The first kappa shape index (κ1) is 21.3. The lowest BCUT2D eigenvalue weighted by atomic mass is 9.72. The van der Waals surface area contributed by atoms with Gasteiger partial charge in [0.15, 0.2) is 11.7 Å². The van der Waals surface area contributed by atoms with Crippen molar-refractivity contribution in [3.05, 3.63) is 53.6 Å². The van der Waals surface area contributed by atoms with Crippen LogP contribution < -0.4 is 10.1 Å². The molecule has 2 aromatic carbocycles. The lowest BCUT2D eigenvalue weighted by Crippen LogP contribution is -2.24. The summed E-state index contributed by atoms with van der Waals surface area (Å²) in [5.74, 6) is 0.480. The van der Waals surface area contributed by atoms with Crippen LogP contribution in [0.2, 0.25) is 0 Å². The zero-order valence-corrected chi connectivity index (χ0v) is 18.9. The molecule has 5 heteroatoms. The van der Waals surface area contributed by atoms with E-state index in [1.165, 1.54) is 22.5 Å². The molecule has 1 heterocycles. The summed E-state index contributed by atoms with van der Waals surface area (Å²) >= 11 is 1.47. The zero-order chi connectivity index (χ0) is 21.2. The van der Waals surface area contributed by atoms with Gasteiger partial charge in [0.25, 0.3) is 5.91 Å². The highest BCUT2D eigenvalue weighted by atomic mass is 32.1. The monoisotopic (exact) mass is 410 g/mol. The van der Waals surface area contributed by atoms with E-state index in [1.807, 2.05) is 31.2 Å². The molecular formula is C24H30N2O2S. The fourth-order valence-electron chi connectivity index (χ4n) is 3.82. The van der Waals surface area contributed by atoms with E-state index in [9.17, 15) is 4.79 Å². The standard InChI is InChI=1S/C24H30N2O2S/c1-16-7-12-19-20(13-16)29-22(25-19)26-21(27)14-28-18-10-8-17(9-11-18)24(5,6)15-23(2,3)4/h7-13H,14-15H2,1-6H3,(H,25,26,27). The van der Waals surface area contributed by atoms with Gasteiger partial charge in [0.05, 0.1) is 10.2 Å². The summed E-state index contributed by atoms with van der Waals surface area (Å²) in [6.07, 6.45) is 1.09. The van der Waals surface area contributed by atoms with Crippen molar-refractivity contribution in [3.8, 4) is 5.75 Å². The van der Waals surface area contributed by atoms with Crippen LogP contribution in [-0.4, -0.2) is 17.5 Å². The molecule has 4 nitrogen and oxygen atoms in total. The summed E-state index contributed by atoms with van der Waals surface area (Å²) in [4.78, 5) is 16.7. The van der Waals surface area contributed by atoms with Gasteiger partial charge < -0.3 is 4.74 Å². The Morgan fingerprint density at radius 1 is 1.07 bits per heavy atom. The van der Waals surface area contributed by atoms with Crippen LogP contribution in [0, 0.1) is 12.3 Å². The smallest absolute Gasteiger partial charge is 0.264 e. The van der Waals surface area contributed by atoms with Gasteiger partial charge in [-0.05, 0) is 59.6 Å². The lowest BCUT2D eigenvalue weighted by Gasteiger charge is -2.33. The summed E-state index contributed by atoms with van der Waals surface area (Å²) < 4.78 is 6.73. The van der Waals surface area contributed by atoms with E-state index in [4.69, 9.17) is 4.74 Å². The molecule has 29 heavy (non-hydrogen) atoms. The number of ether oxygens (including phenoxy) is 1. The predicted molar refractivity (Wildman–Crippen MR) is 122 cm³/mol. The van der Waals surface area contributed by atoms with E-state index in [2.05, 4.69) is 63.1 Å². The van der Waals surface area contributed by atoms with Crippen LogP contribution in [0.4, 0.5) is 5.13 Å². The Bertz CT molecular complexity index is 998. The van der Waals surface area contributed by atoms with Crippen molar-refractivity contribution < 1.29 is 9.53 Å². The molecule has 0 aliphatic rings. The Kier molecular flexibility index (Phi) is 5.99. The summed E-state index contributed by atoms with van der Waals surface area (Å²) in [6.45, 7) is 13.3. The maximum absolute atomic E-state index is 12.2. The van der Waals surface area contributed by atoms with Gasteiger partial charge in [-0.15, -0.1) is 0 Å². The topological polar surface area (TPSA) is 51.2 Å². The van der Waals surface area contributed by atoms with Gasteiger partial charge in [-0.1, -0.05) is 64.2 Å². The number of aromatic nitrogens is 1. The number of benzene rings is 2. The molecule has 3 rings (SSSR count). The molecule has 0 aliphatic carbocycles. The number of amides is 1. The maximum atomic E-state index is 12.2. The maximum Gasteiger partial charge on any atom is 0.264 e. The van der Waals surface area contributed by atoms with E-state index in [0.717, 1.165) is 16.6 Å². The third-order valence-corrected chi connectivity index (χ3v) is 5.70. The minimum atomic E-state index is -0.210. The van der Waals surface area contributed by atoms with E-state index >= 15 is 0 Å². The summed E-state index contributed by atoms with van der Waals surface area (Å²) in [6, 6.07) is 14.1. The molecule has 0 aliphatic heterocycles. The Morgan fingerprint density at radius 3 is 2.41 bits per heavy atom. The molecule has 154 valence electrons. The number of carbonyl (C=O) groups is 1. The molecule has 1 N–H and O–H groups in total. The van der Waals surface area contributed by atoms with Crippen molar-refractivity contribution in [2.24, 2.45) is 5.41 Å². The fraction of sp³-hybridized carbons (Fsp3) is 0.417. The van der Waals surface area contributed by atoms with Gasteiger partial charge in [-0.3, -0.25) is 10.1 Å². The van der Waals surface area contributed by atoms with Crippen LogP contribution in [0.5, 0.6) is 5.75 Å². The molecule has 1 aromatic heterocycles. The molecule has 0 unspecified atom stereocenters. The van der Waals surface area contributed by atoms with E-state index in [0.29, 0.717) is 10.9 Å². The molecule has 0 fully saturated rings. The second-order valence-electron chi connectivity index (χ2n) is 9.47. The number of thiazole rings is 1. The van der Waals surface area contributed by atoms with Crippen molar-refractivity contribution in [2.45, 2.75) is 53.4 Å². The quantitative estimate of drug-likeness (QED) is 0.516. The van der Waals surface area contributed by atoms with Gasteiger partial charge in [0, 0.05) is 0 Å². The normalized spacial score (nSPS) is 12.2. The van der Waals surface area contributed by atoms with Gasteiger partial charge in [0.1, 0.15) is 5.75 Å². The van der Waals surface area contributed by atoms with Gasteiger partial charge >= 0.3 is 0 Å². The highest BCUT2D eigenvalue weighted by molar-refractivity contribution is 7.22. The van der Waals surface area contributed by atoms with E-state index in [-0.39, 0.29) is 23.3 Å². The SMILES string of the molecule is Cc1ccc2nc(NC(=O)COc3ccc(C(C)(C)CC(C)(C)C)cc3)sc2c1. The Balaban J connectivity index is 1.57. The van der Waals surface area contributed by atoms with Crippen LogP contribution in [0.3, 0.4) is 0 Å². The van der Waals surface area contributed by atoms with Crippen molar-refractivity contribution in [3.63, 3.8) is 0 Å². The molecule has 3 aromatic rings. The van der Waals surface area contributed by atoms with Crippen molar-refractivity contribution in [1.29, 1.82) is 0 Å². The van der Waals surface area contributed by atoms with Crippen LogP contribution in [-0.2, 0) is 10.2 Å². The molecule has 0 bridgehead atoms. The van der Waals surface area contributed by atoms with Crippen LogP contribution in [0.15, 0.2) is 42.5 Å². The van der Waals surface area contributed by atoms with Crippen molar-refractivity contribution in [2.75, 3.05) is 11.9 Å². The van der Waals surface area contributed by atoms with E-state index in [1.54, 1.807) is 0 Å². The number of nitrogens with zero attached hydrogens (tertiary/aromatic N) is 1. The van der Waals surface area contributed by atoms with Gasteiger partial charge in [-0.25, -0.2) is 4.98 Å². The lowest BCUT2D eigenvalue weighted by molar-refractivity contribution is -0.118. The molecule has 0 spiro atoms. The average molecular weight is 411 g/mol. The van der Waals surface area contributed by atoms with Crippen molar-refractivity contribution in [1.82, 2.24) is 4.98 Å². The third kappa shape index (κ3) is 5.80. The van der Waals surface area contributed by atoms with Gasteiger partial charge in [0.2, 0.25) is 0 Å². The summed E-state index contributed by atoms with van der Waals surface area (Å²) in [7, 11) is 0. The first-order valence-electron chi connectivity index (χ1n) is 9.92. The Hall–Kier alpha value is -2.40. The third-order valence-electron chi connectivity index (χ3n) is 4.77. The predicted octanol–water partition coefficient (Wildman–Crippen LogP) is 6.34. The summed E-state index contributed by atoms with van der Waals surface area (Å²) in [5.41, 5.74) is 3.69. The summed E-state index contributed by atoms with van der Waals surface area (Å²) in [5, 5.41) is 3.42. The Morgan fingerprint density at radius 2 is 1.76 bits per heavy atom. The minimum Gasteiger partial charge on any atom is -0.484 e. The molecule has 0 radical (unpaired) electrons. The second kappa shape index (κ2) is 8.15. The highest BCUT2D eigenvalue weighted by Gasteiger charge is 2.27. The number of hydrogen-bond donors (Lipinski definition) is 1. The molecule has 1 amide bonds. The van der Waals surface area contributed by atoms with Crippen LogP contribution in [0.1, 0.15) is 52.2 Å². The van der Waals surface area contributed by atoms with Crippen LogP contribution >= 0.6 is 11.3 Å². The molecular weight excluding hydrogens is 380 g/mol. The number of carbonyl (C=O) groups excluding carboxylic acids is 1. The van der Waals surface area contributed by atoms with Crippen molar-refractivity contribution >= 4 is 32.6 Å². The van der Waals surface area contributed by atoms with E-state index < -0.39 is 0 Å². The zero-order valence-electron chi connectivity index (χ0n) is 18.1. The van der Waals surface area contributed by atoms with Gasteiger partial charge in [-0.2, -0.15) is 0 Å². The molecule has 0 saturated heterocycles.